The zero-order valence-electron chi connectivity index (χ0n) is 11.1. The summed E-state index contributed by atoms with van der Waals surface area (Å²) in [6.45, 7) is 3.86. The largest absolute Gasteiger partial charge is 0.481 e. The summed E-state index contributed by atoms with van der Waals surface area (Å²) in [6.07, 6.45) is 1.34. The zero-order valence-corrected chi connectivity index (χ0v) is 12.0. The Morgan fingerprint density at radius 3 is 2.60 bits per heavy atom. The Balaban J connectivity index is 2.08. The number of carboxylic acids is 1. The smallest absolute Gasteiger partial charge is 0.309 e. The number of carbonyl (C=O) groups is 2. The van der Waals surface area contributed by atoms with Gasteiger partial charge in [-0.15, -0.1) is 11.3 Å². The number of nitrogens with one attached hydrogen (secondary N) is 1. The third-order valence-corrected chi connectivity index (χ3v) is 3.67. The molecule has 0 atom stereocenters. The number of nitrogens with zero attached hydrogens (tertiary/aromatic N) is 1. The maximum Gasteiger partial charge on any atom is 0.309 e. The molecule has 2 rings (SSSR count). The number of aryl methyl sites for hydroxylation is 2. The highest BCUT2D eigenvalue weighted by molar-refractivity contribution is 7.12. The topological polar surface area (TPSA) is 79.3 Å². The molecule has 1 amide bonds. The van der Waals surface area contributed by atoms with E-state index in [1.165, 1.54) is 6.20 Å². The maximum absolute atomic E-state index is 12.1. The molecule has 2 aromatic heterocycles. The second kappa shape index (κ2) is 5.83. The van der Waals surface area contributed by atoms with E-state index in [4.69, 9.17) is 5.11 Å². The SMILES string of the molecule is Cc1cc(C(=O)Nc2ccc(CC(=O)O)nc2)c(C)s1. The highest BCUT2D eigenvalue weighted by atomic mass is 32.1. The normalized spacial score (nSPS) is 10.3. The van der Waals surface area contributed by atoms with Crippen molar-refractivity contribution in [3.05, 3.63) is 45.4 Å². The van der Waals surface area contributed by atoms with Crippen LogP contribution in [0.5, 0.6) is 0 Å². The van der Waals surface area contributed by atoms with Crippen molar-refractivity contribution in [1.29, 1.82) is 0 Å². The maximum atomic E-state index is 12.1. The van der Waals surface area contributed by atoms with Gasteiger partial charge in [-0.05, 0) is 32.0 Å². The summed E-state index contributed by atoms with van der Waals surface area (Å²) in [5.74, 6) is -1.11. The number of anilines is 1. The molecule has 2 heterocycles. The number of carboxylic acid groups (broad SMARTS) is 1. The molecule has 0 saturated heterocycles. The van der Waals surface area contributed by atoms with E-state index in [1.54, 1.807) is 23.5 Å². The van der Waals surface area contributed by atoms with Crippen LogP contribution in [0.4, 0.5) is 5.69 Å². The molecule has 0 spiro atoms. The fourth-order valence-electron chi connectivity index (χ4n) is 1.81. The van der Waals surface area contributed by atoms with Crippen LogP contribution in [0.3, 0.4) is 0 Å². The van der Waals surface area contributed by atoms with Gasteiger partial charge >= 0.3 is 5.97 Å². The van der Waals surface area contributed by atoms with Crippen LogP contribution in [-0.2, 0) is 11.2 Å². The van der Waals surface area contributed by atoms with Crippen LogP contribution in [0.1, 0.15) is 25.8 Å². The second-order valence-electron chi connectivity index (χ2n) is 4.39. The summed E-state index contributed by atoms with van der Waals surface area (Å²) in [6, 6.07) is 5.09. The van der Waals surface area contributed by atoms with Gasteiger partial charge in [0.25, 0.3) is 5.91 Å². The van der Waals surface area contributed by atoms with Gasteiger partial charge < -0.3 is 10.4 Å². The molecule has 0 aliphatic rings. The van der Waals surface area contributed by atoms with Gasteiger partial charge in [0, 0.05) is 9.75 Å². The lowest BCUT2D eigenvalue weighted by molar-refractivity contribution is -0.136. The van der Waals surface area contributed by atoms with Gasteiger partial charge in [-0.1, -0.05) is 0 Å². The van der Waals surface area contributed by atoms with Gasteiger partial charge in [0.1, 0.15) is 0 Å². The molecule has 104 valence electrons. The Kier molecular flexibility index (Phi) is 4.14. The number of carbonyl (C=O) groups excluding carboxylic acids is 1. The highest BCUT2D eigenvalue weighted by Crippen LogP contribution is 2.21. The molecular formula is C14H14N2O3S. The van der Waals surface area contributed by atoms with Crippen LogP contribution in [-0.4, -0.2) is 22.0 Å². The molecule has 0 fully saturated rings. The summed E-state index contributed by atoms with van der Waals surface area (Å²) in [5, 5.41) is 11.4. The van der Waals surface area contributed by atoms with Crippen LogP contribution < -0.4 is 5.32 Å². The molecule has 2 aromatic rings. The van der Waals surface area contributed by atoms with E-state index < -0.39 is 5.97 Å². The molecule has 0 bridgehead atoms. The molecular weight excluding hydrogens is 276 g/mol. The molecule has 0 saturated carbocycles. The third-order valence-electron chi connectivity index (χ3n) is 2.70. The molecule has 6 heteroatoms. The number of aromatic nitrogens is 1. The predicted octanol–water partition coefficient (Wildman–Crippen LogP) is 2.64. The monoisotopic (exact) mass is 290 g/mol. The lowest BCUT2D eigenvalue weighted by Crippen LogP contribution is -2.12. The van der Waals surface area contributed by atoms with E-state index >= 15 is 0 Å². The van der Waals surface area contributed by atoms with Gasteiger partial charge in [-0.2, -0.15) is 0 Å². The number of aliphatic carboxylic acids is 1. The molecule has 0 unspecified atom stereocenters. The first-order chi connectivity index (χ1) is 9.45. The van der Waals surface area contributed by atoms with Crippen LogP contribution in [0.2, 0.25) is 0 Å². The number of rotatable bonds is 4. The average Bonchev–Trinajstić information content (AvgIpc) is 2.70. The Labute approximate surface area is 120 Å². The van der Waals surface area contributed by atoms with Crippen molar-refractivity contribution in [3.8, 4) is 0 Å². The summed E-state index contributed by atoms with van der Waals surface area (Å²) in [7, 11) is 0. The minimum Gasteiger partial charge on any atom is -0.481 e. The molecule has 0 radical (unpaired) electrons. The first-order valence-electron chi connectivity index (χ1n) is 6.01. The minimum atomic E-state index is -0.932. The van der Waals surface area contributed by atoms with Crippen LogP contribution in [0.15, 0.2) is 24.4 Å². The second-order valence-corrected chi connectivity index (χ2v) is 5.85. The van der Waals surface area contributed by atoms with E-state index in [0.29, 0.717) is 16.9 Å². The molecule has 5 nitrogen and oxygen atoms in total. The molecule has 20 heavy (non-hydrogen) atoms. The van der Waals surface area contributed by atoms with Crippen molar-refractivity contribution in [1.82, 2.24) is 4.98 Å². The van der Waals surface area contributed by atoms with Crippen LogP contribution in [0.25, 0.3) is 0 Å². The fourth-order valence-corrected chi connectivity index (χ4v) is 2.73. The van der Waals surface area contributed by atoms with Gasteiger partial charge in [-0.25, -0.2) is 0 Å². The third kappa shape index (κ3) is 3.42. The zero-order chi connectivity index (χ0) is 14.7. The minimum absolute atomic E-state index is 0.128. The van der Waals surface area contributed by atoms with Crippen molar-refractivity contribution in [3.63, 3.8) is 0 Å². The van der Waals surface area contributed by atoms with E-state index in [0.717, 1.165) is 9.75 Å². The Hall–Kier alpha value is -2.21. The van der Waals surface area contributed by atoms with Gasteiger partial charge in [0.05, 0.1) is 29.6 Å². The van der Waals surface area contributed by atoms with Gasteiger partial charge in [0.15, 0.2) is 0 Å². The first-order valence-corrected chi connectivity index (χ1v) is 6.82. The van der Waals surface area contributed by atoms with Gasteiger partial charge in [0.2, 0.25) is 0 Å². The summed E-state index contributed by atoms with van der Waals surface area (Å²) in [5.41, 5.74) is 1.66. The van der Waals surface area contributed by atoms with Crippen molar-refractivity contribution >= 4 is 28.9 Å². The number of pyridine rings is 1. The van der Waals surface area contributed by atoms with E-state index in [9.17, 15) is 9.59 Å². The Bertz CT molecular complexity index is 647. The summed E-state index contributed by atoms with van der Waals surface area (Å²) < 4.78 is 0. The van der Waals surface area contributed by atoms with Crippen molar-refractivity contribution < 1.29 is 14.7 Å². The molecule has 2 N–H and O–H groups in total. The quantitative estimate of drug-likeness (QED) is 0.907. The van der Waals surface area contributed by atoms with Crippen molar-refractivity contribution in [2.24, 2.45) is 0 Å². The number of amides is 1. The van der Waals surface area contributed by atoms with Gasteiger partial charge in [-0.3, -0.25) is 14.6 Å². The standard InChI is InChI=1S/C14H14N2O3S/c1-8-5-12(9(2)20-8)14(19)16-11-4-3-10(15-7-11)6-13(17)18/h3-5,7H,6H2,1-2H3,(H,16,19)(H,17,18). The Morgan fingerprint density at radius 1 is 1.35 bits per heavy atom. The fraction of sp³-hybridized carbons (Fsp3) is 0.214. The predicted molar refractivity (Wildman–Crippen MR) is 77.3 cm³/mol. The first kappa shape index (κ1) is 14.2. The van der Waals surface area contributed by atoms with Crippen molar-refractivity contribution in [2.45, 2.75) is 20.3 Å². The summed E-state index contributed by atoms with van der Waals surface area (Å²) >= 11 is 1.58. The lowest BCUT2D eigenvalue weighted by Gasteiger charge is -2.05. The number of hydrogen-bond acceptors (Lipinski definition) is 4. The highest BCUT2D eigenvalue weighted by Gasteiger charge is 2.12. The van der Waals surface area contributed by atoms with Crippen LogP contribution in [0, 0.1) is 13.8 Å². The average molecular weight is 290 g/mol. The summed E-state index contributed by atoms with van der Waals surface area (Å²) in [4.78, 5) is 28.7. The Morgan fingerprint density at radius 2 is 2.10 bits per heavy atom. The van der Waals surface area contributed by atoms with E-state index in [1.807, 2.05) is 19.9 Å². The van der Waals surface area contributed by atoms with E-state index in [2.05, 4.69) is 10.3 Å². The van der Waals surface area contributed by atoms with Crippen LogP contribution >= 0.6 is 11.3 Å². The number of hydrogen-bond donors (Lipinski definition) is 2. The number of thiophene rings is 1. The molecule has 0 aliphatic carbocycles. The van der Waals surface area contributed by atoms with E-state index in [-0.39, 0.29) is 12.3 Å². The molecule has 0 aliphatic heterocycles. The lowest BCUT2D eigenvalue weighted by atomic mass is 10.2. The molecule has 0 aromatic carbocycles. The van der Waals surface area contributed by atoms with Crippen molar-refractivity contribution in [2.75, 3.05) is 5.32 Å².